The molecule has 0 radical (unpaired) electrons. The van der Waals surface area contributed by atoms with Crippen molar-refractivity contribution in [1.82, 2.24) is 9.88 Å². The lowest BCUT2D eigenvalue weighted by molar-refractivity contribution is -0.136. The maximum atomic E-state index is 12.1. The molecule has 2 amide bonds. The largest absolute Gasteiger partial charge is 0.494 e. The van der Waals surface area contributed by atoms with E-state index in [0.29, 0.717) is 17.3 Å². The van der Waals surface area contributed by atoms with Crippen LogP contribution in [0.25, 0.3) is 10.8 Å². The summed E-state index contributed by atoms with van der Waals surface area (Å²) in [4.78, 5) is 36.5. The summed E-state index contributed by atoms with van der Waals surface area (Å²) in [5.41, 5.74) is 0.845. The van der Waals surface area contributed by atoms with Gasteiger partial charge in [-0.05, 0) is 31.0 Å². The Morgan fingerprint density at radius 3 is 2.58 bits per heavy atom. The lowest BCUT2D eigenvalue weighted by atomic mass is 10.1. The summed E-state index contributed by atoms with van der Waals surface area (Å²) in [6.45, 7) is 1.37. The second-order valence-corrected chi connectivity index (χ2v) is 6.84. The van der Waals surface area contributed by atoms with E-state index in [2.05, 4.69) is 10.2 Å². The fourth-order valence-electron chi connectivity index (χ4n) is 3.83. The average molecular weight is 357 g/mol. The highest BCUT2D eigenvalue weighted by Crippen LogP contribution is 2.42. The first kappa shape index (κ1) is 16.4. The van der Waals surface area contributed by atoms with E-state index in [-0.39, 0.29) is 36.4 Å². The number of rotatable bonds is 3. The van der Waals surface area contributed by atoms with Crippen LogP contribution < -0.4 is 10.2 Å². The van der Waals surface area contributed by atoms with Gasteiger partial charge in [0.25, 0.3) is 0 Å². The number of aromatic nitrogens is 1. The number of aromatic hydroxyl groups is 2. The molecular weight excluding hydrogens is 338 g/mol. The van der Waals surface area contributed by atoms with Crippen molar-refractivity contribution < 1.29 is 24.6 Å². The molecule has 2 atom stereocenters. The number of hydrogen-bond acceptors (Lipinski definition) is 6. The molecule has 4 rings (SSSR count). The van der Waals surface area contributed by atoms with Crippen LogP contribution in [0, 0.1) is 5.92 Å². The third-order valence-corrected chi connectivity index (χ3v) is 5.25. The fraction of sp³-hybridized carbons (Fsp3) is 0.389. The van der Waals surface area contributed by atoms with Crippen molar-refractivity contribution in [3.05, 3.63) is 18.2 Å². The van der Waals surface area contributed by atoms with Crippen LogP contribution in [0.2, 0.25) is 0 Å². The normalized spacial score (nSPS) is 23.5. The van der Waals surface area contributed by atoms with E-state index in [0.717, 1.165) is 24.9 Å². The van der Waals surface area contributed by atoms with Gasteiger partial charge in [0.2, 0.25) is 23.6 Å². The minimum atomic E-state index is -0.838. The zero-order valence-electron chi connectivity index (χ0n) is 14.0. The number of nitrogens with zero attached hydrogens (tertiary/aromatic N) is 2. The number of carbonyl (C=O) groups is 3. The molecule has 3 heterocycles. The molecule has 8 nitrogen and oxygen atoms in total. The van der Waals surface area contributed by atoms with Gasteiger partial charge < -0.3 is 19.9 Å². The molecule has 0 aliphatic carbocycles. The molecule has 2 aliphatic heterocycles. The number of nitrogens with one attached hydrogen (secondary N) is 1. The van der Waals surface area contributed by atoms with Gasteiger partial charge in [0.1, 0.15) is 12.3 Å². The Kier molecular flexibility index (Phi) is 3.82. The van der Waals surface area contributed by atoms with E-state index in [1.165, 1.54) is 4.57 Å². The van der Waals surface area contributed by atoms with Crippen LogP contribution in [-0.2, 0) is 14.4 Å². The molecule has 26 heavy (non-hydrogen) atoms. The SMILES string of the molecule is O=CC1CCN(c2ccc3c(O)n(C4CCC(=O)NC4=O)c(O)c3c2)C1. The van der Waals surface area contributed by atoms with E-state index in [4.69, 9.17) is 0 Å². The molecule has 2 unspecified atom stereocenters. The zero-order valence-corrected chi connectivity index (χ0v) is 14.0. The van der Waals surface area contributed by atoms with Crippen molar-refractivity contribution in [2.24, 2.45) is 5.92 Å². The van der Waals surface area contributed by atoms with Crippen LogP contribution in [0.4, 0.5) is 5.69 Å². The Balaban J connectivity index is 1.73. The number of hydrogen-bond donors (Lipinski definition) is 3. The summed E-state index contributed by atoms with van der Waals surface area (Å²) in [6, 6.07) is 4.43. The topological polar surface area (TPSA) is 112 Å². The van der Waals surface area contributed by atoms with E-state index in [1.54, 1.807) is 12.1 Å². The first-order valence-corrected chi connectivity index (χ1v) is 8.59. The first-order chi connectivity index (χ1) is 12.5. The lowest BCUT2D eigenvalue weighted by Crippen LogP contribution is -2.41. The summed E-state index contributed by atoms with van der Waals surface area (Å²) < 4.78 is 1.18. The standard InChI is InChI=1S/C18H19N3O5/c22-9-10-5-6-20(8-10)11-1-2-12-13(7-11)18(26)21(17(12)25)14-3-4-15(23)19-16(14)24/h1-2,7,9-10,14,25-26H,3-6,8H2,(H,19,23,24). The monoisotopic (exact) mass is 357 g/mol. The molecular formula is C18H19N3O5. The van der Waals surface area contributed by atoms with E-state index < -0.39 is 11.9 Å². The Labute approximate surface area is 149 Å². The second kappa shape index (κ2) is 6.05. The van der Waals surface area contributed by atoms with Crippen molar-refractivity contribution >= 4 is 34.6 Å². The van der Waals surface area contributed by atoms with Crippen molar-refractivity contribution in [3.63, 3.8) is 0 Å². The molecule has 0 saturated carbocycles. The van der Waals surface area contributed by atoms with Crippen molar-refractivity contribution in [2.75, 3.05) is 18.0 Å². The molecule has 2 aromatic rings. The van der Waals surface area contributed by atoms with Crippen LogP contribution in [0.1, 0.15) is 25.3 Å². The van der Waals surface area contributed by atoms with E-state index in [1.807, 2.05) is 6.07 Å². The van der Waals surface area contributed by atoms with Gasteiger partial charge in [0, 0.05) is 41.9 Å². The average Bonchev–Trinajstić information content (AvgIpc) is 3.20. The second-order valence-electron chi connectivity index (χ2n) is 6.84. The Hall–Kier alpha value is -3.03. The predicted octanol–water partition coefficient (Wildman–Crippen LogP) is 1.06. The van der Waals surface area contributed by atoms with Crippen molar-refractivity contribution in [3.8, 4) is 11.8 Å². The van der Waals surface area contributed by atoms with Gasteiger partial charge in [-0.1, -0.05) is 0 Å². The van der Waals surface area contributed by atoms with Crippen LogP contribution in [0.5, 0.6) is 11.8 Å². The molecule has 0 bridgehead atoms. The van der Waals surface area contributed by atoms with Gasteiger partial charge in [-0.25, -0.2) is 0 Å². The van der Waals surface area contributed by atoms with Crippen LogP contribution in [-0.4, -0.2) is 46.0 Å². The number of amides is 2. The smallest absolute Gasteiger partial charge is 0.249 e. The van der Waals surface area contributed by atoms with Crippen LogP contribution in [0.15, 0.2) is 18.2 Å². The highest BCUT2D eigenvalue weighted by molar-refractivity contribution is 6.01. The highest BCUT2D eigenvalue weighted by Gasteiger charge is 2.33. The van der Waals surface area contributed by atoms with Gasteiger partial charge in [-0.15, -0.1) is 0 Å². The minimum Gasteiger partial charge on any atom is -0.494 e. The molecule has 0 spiro atoms. The number of aldehydes is 1. The summed E-state index contributed by atoms with van der Waals surface area (Å²) >= 11 is 0. The summed E-state index contributed by atoms with van der Waals surface area (Å²) in [7, 11) is 0. The molecule has 3 N–H and O–H groups in total. The number of carbonyl (C=O) groups excluding carboxylic acids is 3. The van der Waals surface area contributed by atoms with E-state index >= 15 is 0 Å². The molecule has 136 valence electrons. The van der Waals surface area contributed by atoms with Gasteiger partial charge in [0.15, 0.2) is 0 Å². The van der Waals surface area contributed by atoms with E-state index in [9.17, 15) is 24.6 Å². The molecule has 1 aromatic heterocycles. The lowest BCUT2D eigenvalue weighted by Gasteiger charge is -2.23. The van der Waals surface area contributed by atoms with Gasteiger partial charge in [-0.2, -0.15) is 0 Å². The Bertz CT molecular complexity index is 919. The number of anilines is 1. The predicted molar refractivity (Wildman–Crippen MR) is 93.1 cm³/mol. The maximum absolute atomic E-state index is 12.1. The third-order valence-electron chi connectivity index (χ3n) is 5.25. The third kappa shape index (κ3) is 2.49. The van der Waals surface area contributed by atoms with Crippen molar-refractivity contribution in [1.29, 1.82) is 0 Å². The fourth-order valence-corrected chi connectivity index (χ4v) is 3.83. The number of imide groups is 1. The van der Waals surface area contributed by atoms with Crippen LogP contribution >= 0.6 is 0 Å². The highest BCUT2D eigenvalue weighted by atomic mass is 16.3. The van der Waals surface area contributed by atoms with Gasteiger partial charge in [0.05, 0.1) is 0 Å². The summed E-state index contributed by atoms with van der Waals surface area (Å²) in [5.74, 6) is -1.31. The maximum Gasteiger partial charge on any atom is 0.249 e. The molecule has 2 fully saturated rings. The quantitative estimate of drug-likeness (QED) is 0.559. The van der Waals surface area contributed by atoms with Crippen molar-refractivity contribution in [2.45, 2.75) is 25.3 Å². The van der Waals surface area contributed by atoms with Gasteiger partial charge in [-0.3, -0.25) is 19.5 Å². The minimum absolute atomic E-state index is 0.000710. The number of fused-ring (bicyclic) bond motifs is 1. The molecule has 8 heteroatoms. The Morgan fingerprint density at radius 1 is 1.12 bits per heavy atom. The number of piperidine rings is 1. The zero-order chi connectivity index (χ0) is 18.4. The summed E-state index contributed by atoms with van der Waals surface area (Å²) in [6.07, 6.45) is 2.11. The number of benzene rings is 1. The van der Waals surface area contributed by atoms with Gasteiger partial charge >= 0.3 is 0 Å². The summed E-state index contributed by atoms with van der Waals surface area (Å²) in [5, 5.41) is 24.2. The first-order valence-electron chi connectivity index (χ1n) is 8.59. The molecule has 1 aromatic carbocycles. The van der Waals surface area contributed by atoms with Crippen LogP contribution in [0.3, 0.4) is 0 Å². The Morgan fingerprint density at radius 2 is 1.88 bits per heavy atom. The molecule has 2 saturated heterocycles. The molecule has 2 aliphatic rings.